The van der Waals surface area contributed by atoms with Gasteiger partial charge in [-0.05, 0) is 55.2 Å². The van der Waals surface area contributed by atoms with Gasteiger partial charge in [-0.3, -0.25) is 0 Å². The molecule has 0 spiro atoms. The van der Waals surface area contributed by atoms with E-state index in [9.17, 15) is 8.78 Å². The monoisotopic (exact) mass is 295 g/mol. The molecule has 0 aromatic heterocycles. The maximum absolute atomic E-state index is 13.2. The Balaban J connectivity index is 2.14. The zero-order valence-electron chi connectivity index (χ0n) is 11.2. The normalized spacial score (nSPS) is 14.1. The molecule has 0 amide bonds. The molecule has 106 valence electrons. The van der Waals surface area contributed by atoms with Crippen molar-refractivity contribution in [3.05, 3.63) is 70.2 Å². The van der Waals surface area contributed by atoms with Gasteiger partial charge in [0, 0.05) is 10.6 Å². The number of nitrogens with two attached hydrogens (primary N) is 1. The van der Waals surface area contributed by atoms with Crippen molar-refractivity contribution in [1.29, 1.82) is 0 Å². The van der Waals surface area contributed by atoms with Gasteiger partial charge in [-0.15, -0.1) is 0 Å². The van der Waals surface area contributed by atoms with E-state index in [4.69, 9.17) is 17.3 Å². The van der Waals surface area contributed by atoms with Crippen LogP contribution in [0.2, 0.25) is 5.02 Å². The predicted octanol–water partition coefficient (Wildman–Crippen LogP) is 4.12. The zero-order chi connectivity index (χ0) is 14.8. The second kappa shape index (κ2) is 5.90. The minimum Gasteiger partial charge on any atom is -0.325 e. The Kier molecular flexibility index (Phi) is 4.41. The van der Waals surface area contributed by atoms with Gasteiger partial charge in [-0.25, -0.2) is 8.78 Å². The van der Waals surface area contributed by atoms with Crippen molar-refractivity contribution in [1.82, 2.24) is 0 Å². The Labute approximate surface area is 122 Å². The standard InChI is InChI=1S/C16H16ClF2N/c1-16(20,9-11-3-2-4-13(18)7-11)10-12-5-6-14(19)8-15(12)17/h2-8H,9-10,20H2,1H3. The Morgan fingerprint density at radius 3 is 2.40 bits per heavy atom. The summed E-state index contributed by atoms with van der Waals surface area (Å²) in [4.78, 5) is 0. The molecule has 1 unspecified atom stereocenters. The van der Waals surface area contributed by atoms with Gasteiger partial charge < -0.3 is 5.73 Å². The maximum Gasteiger partial charge on any atom is 0.124 e. The fourth-order valence-electron chi connectivity index (χ4n) is 2.28. The predicted molar refractivity (Wildman–Crippen MR) is 77.8 cm³/mol. The number of rotatable bonds is 4. The van der Waals surface area contributed by atoms with Crippen molar-refractivity contribution >= 4 is 11.6 Å². The minimum absolute atomic E-state index is 0.280. The molecular formula is C16H16ClF2N. The summed E-state index contributed by atoms with van der Waals surface area (Å²) in [6.07, 6.45) is 1.00. The summed E-state index contributed by atoms with van der Waals surface area (Å²) in [5.41, 5.74) is 7.29. The van der Waals surface area contributed by atoms with Crippen LogP contribution in [0.25, 0.3) is 0 Å². The molecule has 4 heteroatoms. The van der Waals surface area contributed by atoms with Crippen LogP contribution in [0, 0.1) is 11.6 Å². The van der Waals surface area contributed by atoms with Crippen LogP contribution in [-0.2, 0) is 12.8 Å². The van der Waals surface area contributed by atoms with Crippen LogP contribution in [0.5, 0.6) is 0 Å². The molecule has 2 aromatic rings. The summed E-state index contributed by atoms with van der Waals surface area (Å²) in [5, 5.41) is 0.362. The number of hydrogen-bond acceptors (Lipinski definition) is 1. The summed E-state index contributed by atoms with van der Waals surface area (Å²) in [6.45, 7) is 1.87. The molecule has 0 fully saturated rings. The van der Waals surface area contributed by atoms with Gasteiger partial charge in [-0.2, -0.15) is 0 Å². The highest BCUT2D eigenvalue weighted by Crippen LogP contribution is 2.23. The van der Waals surface area contributed by atoms with Crippen LogP contribution in [-0.4, -0.2) is 5.54 Å². The summed E-state index contributed by atoms with van der Waals surface area (Å²) >= 11 is 6.01. The van der Waals surface area contributed by atoms with Crippen molar-refractivity contribution < 1.29 is 8.78 Å². The smallest absolute Gasteiger partial charge is 0.124 e. The molecule has 0 aliphatic carbocycles. The van der Waals surface area contributed by atoms with Crippen molar-refractivity contribution in [2.24, 2.45) is 5.73 Å². The third-order valence-electron chi connectivity index (χ3n) is 3.11. The fraction of sp³-hybridized carbons (Fsp3) is 0.250. The van der Waals surface area contributed by atoms with E-state index in [1.165, 1.54) is 24.3 Å². The minimum atomic E-state index is -0.588. The van der Waals surface area contributed by atoms with E-state index in [0.29, 0.717) is 17.9 Å². The largest absolute Gasteiger partial charge is 0.325 e. The highest BCUT2D eigenvalue weighted by molar-refractivity contribution is 6.31. The lowest BCUT2D eigenvalue weighted by molar-refractivity contribution is 0.461. The van der Waals surface area contributed by atoms with Crippen LogP contribution >= 0.6 is 11.6 Å². The number of hydrogen-bond donors (Lipinski definition) is 1. The quantitative estimate of drug-likeness (QED) is 0.902. The maximum atomic E-state index is 13.2. The zero-order valence-corrected chi connectivity index (χ0v) is 11.9. The molecule has 1 nitrogen and oxygen atoms in total. The van der Waals surface area contributed by atoms with Crippen molar-refractivity contribution in [2.45, 2.75) is 25.3 Å². The van der Waals surface area contributed by atoms with Gasteiger partial charge in [0.15, 0.2) is 0 Å². The van der Waals surface area contributed by atoms with Gasteiger partial charge in [0.2, 0.25) is 0 Å². The molecule has 2 N–H and O–H groups in total. The molecule has 0 saturated carbocycles. The molecule has 0 aliphatic rings. The van der Waals surface area contributed by atoms with Gasteiger partial charge in [0.25, 0.3) is 0 Å². The second-order valence-corrected chi connectivity index (χ2v) is 5.78. The molecule has 0 heterocycles. The highest BCUT2D eigenvalue weighted by atomic mass is 35.5. The molecule has 1 atom stereocenters. The van der Waals surface area contributed by atoms with Gasteiger partial charge in [0.1, 0.15) is 11.6 Å². The molecule has 2 rings (SSSR count). The molecule has 0 saturated heterocycles. The van der Waals surface area contributed by atoms with Crippen LogP contribution in [0.3, 0.4) is 0 Å². The first kappa shape index (κ1) is 14.9. The molecule has 2 aromatic carbocycles. The summed E-state index contributed by atoms with van der Waals surface area (Å²) in [6, 6.07) is 10.6. The summed E-state index contributed by atoms with van der Waals surface area (Å²) in [5.74, 6) is -0.652. The second-order valence-electron chi connectivity index (χ2n) is 5.37. The first-order chi connectivity index (χ1) is 9.35. The molecule has 0 radical (unpaired) electrons. The average Bonchev–Trinajstić information content (AvgIpc) is 2.32. The Hall–Kier alpha value is -1.45. The first-order valence-electron chi connectivity index (χ1n) is 6.33. The summed E-state index contributed by atoms with van der Waals surface area (Å²) in [7, 11) is 0. The summed E-state index contributed by atoms with van der Waals surface area (Å²) < 4.78 is 26.2. The average molecular weight is 296 g/mol. The van der Waals surface area contributed by atoms with E-state index in [0.717, 1.165) is 11.1 Å². The van der Waals surface area contributed by atoms with Gasteiger partial charge in [0.05, 0.1) is 0 Å². The van der Waals surface area contributed by atoms with E-state index in [-0.39, 0.29) is 11.6 Å². The SMILES string of the molecule is CC(N)(Cc1cccc(F)c1)Cc1ccc(F)cc1Cl. The van der Waals surface area contributed by atoms with Crippen LogP contribution in [0.15, 0.2) is 42.5 Å². The van der Waals surface area contributed by atoms with Crippen molar-refractivity contribution in [3.63, 3.8) is 0 Å². The molecule has 20 heavy (non-hydrogen) atoms. The Bertz CT molecular complexity index is 611. The topological polar surface area (TPSA) is 26.0 Å². The van der Waals surface area contributed by atoms with E-state index in [1.54, 1.807) is 12.1 Å². The van der Waals surface area contributed by atoms with Gasteiger partial charge in [-0.1, -0.05) is 29.8 Å². The van der Waals surface area contributed by atoms with E-state index >= 15 is 0 Å². The van der Waals surface area contributed by atoms with Crippen molar-refractivity contribution in [2.75, 3.05) is 0 Å². The lowest BCUT2D eigenvalue weighted by Gasteiger charge is -2.25. The number of benzene rings is 2. The van der Waals surface area contributed by atoms with E-state index < -0.39 is 5.54 Å². The third kappa shape index (κ3) is 4.02. The van der Waals surface area contributed by atoms with Crippen LogP contribution in [0.4, 0.5) is 8.78 Å². The Morgan fingerprint density at radius 1 is 1.05 bits per heavy atom. The molecule has 0 bridgehead atoms. The first-order valence-corrected chi connectivity index (χ1v) is 6.71. The Morgan fingerprint density at radius 2 is 1.75 bits per heavy atom. The number of halogens is 3. The van der Waals surface area contributed by atoms with Crippen LogP contribution in [0.1, 0.15) is 18.1 Å². The lowest BCUT2D eigenvalue weighted by Crippen LogP contribution is -2.41. The van der Waals surface area contributed by atoms with E-state index in [1.807, 2.05) is 13.0 Å². The van der Waals surface area contributed by atoms with E-state index in [2.05, 4.69) is 0 Å². The van der Waals surface area contributed by atoms with Gasteiger partial charge >= 0.3 is 0 Å². The third-order valence-corrected chi connectivity index (χ3v) is 3.46. The van der Waals surface area contributed by atoms with Crippen molar-refractivity contribution in [3.8, 4) is 0 Å². The lowest BCUT2D eigenvalue weighted by atomic mass is 9.87. The van der Waals surface area contributed by atoms with Crippen LogP contribution < -0.4 is 5.73 Å². The molecule has 0 aliphatic heterocycles. The highest BCUT2D eigenvalue weighted by Gasteiger charge is 2.21. The molecular weight excluding hydrogens is 280 g/mol. The fourth-order valence-corrected chi connectivity index (χ4v) is 2.51.